The van der Waals surface area contributed by atoms with Crippen molar-refractivity contribution in [3.8, 4) is 0 Å². The van der Waals surface area contributed by atoms with Crippen molar-refractivity contribution in [3.05, 3.63) is 48.6 Å². The predicted molar refractivity (Wildman–Crippen MR) is 190 cm³/mol. The Morgan fingerprint density at radius 1 is 0.477 bits per heavy atom. The fourth-order valence-corrected chi connectivity index (χ4v) is 4.85. The van der Waals surface area contributed by atoms with Gasteiger partial charge in [0.25, 0.3) is 0 Å². The molecule has 0 saturated heterocycles. The largest absolute Gasteiger partial charge is 0.464 e. The van der Waals surface area contributed by atoms with Crippen LogP contribution in [0.3, 0.4) is 0 Å². The Kier molecular flexibility index (Phi) is 34.2. The lowest BCUT2D eigenvalue weighted by molar-refractivity contribution is -0.146. The molecule has 0 fully saturated rings. The summed E-state index contributed by atoms with van der Waals surface area (Å²) < 4.78 is 10.5. The molecule has 0 amide bonds. The Bertz CT molecular complexity index is 693. The molecule has 0 N–H and O–H groups in total. The number of ether oxygens (including phenoxy) is 2. The molecule has 0 aromatic rings. The molecule has 0 aromatic heterocycles. The molecular weight excluding hydrogens is 568 g/mol. The number of allylic oxidation sites excluding steroid dienone is 8. The Hall–Kier alpha value is -1.81. The quantitative estimate of drug-likeness (QED) is 0.0319. The number of rotatable bonds is 32. The molecule has 0 aliphatic carbocycles. The van der Waals surface area contributed by atoms with Crippen LogP contribution in [0.25, 0.3) is 0 Å². The molecule has 0 aromatic carbocycles. The van der Waals surface area contributed by atoms with Gasteiger partial charge in [-0.25, -0.2) is 0 Å². The van der Waals surface area contributed by atoms with Gasteiger partial charge in [0.05, 0.1) is 0 Å². The van der Waals surface area contributed by atoms with E-state index in [2.05, 4.69) is 62.5 Å². The van der Waals surface area contributed by atoms with Crippen molar-refractivity contribution in [2.24, 2.45) is 0 Å². The molecule has 254 valence electrons. The minimum absolute atomic E-state index is 0.0810. The molecule has 0 aliphatic rings. The zero-order valence-corrected chi connectivity index (χ0v) is 29.3. The summed E-state index contributed by atoms with van der Waals surface area (Å²) in [5.74, 6) is -0.449. The van der Waals surface area contributed by atoms with Crippen molar-refractivity contribution in [1.82, 2.24) is 0 Å². The van der Waals surface area contributed by atoms with Crippen molar-refractivity contribution in [2.75, 3.05) is 13.2 Å². The van der Waals surface area contributed by atoms with Gasteiger partial charge >= 0.3 is 11.9 Å². The number of hydrogen-bond acceptors (Lipinski definition) is 4. The van der Waals surface area contributed by atoms with Crippen LogP contribution in [-0.2, 0) is 19.1 Å². The van der Waals surface area contributed by atoms with Crippen LogP contribution >= 0.6 is 11.6 Å². The maximum absolute atomic E-state index is 12.0. The summed E-state index contributed by atoms with van der Waals surface area (Å²) in [7, 11) is 0. The van der Waals surface area contributed by atoms with Crippen molar-refractivity contribution in [3.63, 3.8) is 0 Å². The second-order valence-corrected chi connectivity index (χ2v) is 12.5. The fraction of sp³-hybridized carbons (Fsp3) is 0.744. The van der Waals surface area contributed by atoms with Gasteiger partial charge in [-0.3, -0.25) is 9.59 Å². The van der Waals surface area contributed by atoms with E-state index in [0.717, 1.165) is 64.2 Å². The monoisotopic (exact) mass is 634 g/mol. The summed E-state index contributed by atoms with van der Waals surface area (Å²) >= 11 is 6.19. The van der Waals surface area contributed by atoms with E-state index < -0.39 is 5.38 Å². The molecule has 0 bridgehead atoms. The van der Waals surface area contributed by atoms with Gasteiger partial charge in [0, 0.05) is 12.8 Å². The third kappa shape index (κ3) is 34.7. The van der Waals surface area contributed by atoms with Crippen molar-refractivity contribution >= 4 is 23.5 Å². The lowest BCUT2D eigenvalue weighted by Gasteiger charge is -2.11. The summed E-state index contributed by atoms with van der Waals surface area (Å²) in [5.41, 5.74) is 0. The molecule has 0 saturated carbocycles. The highest BCUT2D eigenvalue weighted by Gasteiger charge is 2.12. The molecule has 5 heteroatoms. The average Bonchev–Trinajstić information content (AvgIpc) is 3.02. The first-order valence-electron chi connectivity index (χ1n) is 18.1. The molecule has 0 rings (SSSR count). The molecule has 44 heavy (non-hydrogen) atoms. The van der Waals surface area contributed by atoms with E-state index >= 15 is 0 Å². The second kappa shape index (κ2) is 35.7. The Labute approximate surface area is 277 Å². The van der Waals surface area contributed by atoms with Crippen LogP contribution < -0.4 is 0 Å². The second-order valence-electron chi connectivity index (χ2n) is 11.9. The van der Waals surface area contributed by atoms with E-state index in [1.807, 2.05) is 0 Å². The van der Waals surface area contributed by atoms with E-state index in [1.165, 1.54) is 77.0 Å². The SMILES string of the molecule is CCCCC/C=C/C/C=C/CCCCCCCC(=O)OCC(Cl)COC(=O)CCCCCCC/C=C/C/C=C/CCCCC. The summed E-state index contributed by atoms with van der Waals surface area (Å²) in [6.45, 7) is 4.64. The first-order valence-corrected chi connectivity index (χ1v) is 18.6. The van der Waals surface area contributed by atoms with Gasteiger partial charge in [-0.15, -0.1) is 11.6 Å². The number of hydrogen-bond donors (Lipinski definition) is 0. The van der Waals surface area contributed by atoms with Crippen molar-refractivity contribution in [1.29, 1.82) is 0 Å². The number of halogens is 1. The van der Waals surface area contributed by atoms with Crippen LogP contribution in [0.5, 0.6) is 0 Å². The Morgan fingerprint density at radius 2 is 0.795 bits per heavy atom. The molecule has 0 aliphatic heterocycles. The average molecular weight is 635 g/mol. The highest BCUT2D eigenvalue weighted by Crippen LogP contribution is 2.11. The highest BCUT2D eigenvalue weighted by atomic mass is 35.5. The van der Waals surface area contributed by atoms with E-state index in [0.29, 0.717) is 12.8 Å². The summed E-state index contributed by atoms with van der Waals surface area (Å²) in [4.78, 5) is 24.0. The minimum atomic E-state index is -0.503. The van der Waals surface area contributed by atoms with E-state index in [4.69, 9.17) is 21.1 Å². The number of carbonyl (C=O) groups excluding carboxylic acids is 2. The third-order valence-corrected chi connectivity index (χ3v) is 7.77. The van der Waals surface area contributed by atoms with Gasteiger partial charge < -0.3 is 9.47 Å². The van der Waals surface area contributed by atoms with Crippen molar-refractivity contribution in [2.45, 2.75) is 173 Å². The maximum atomic E-state index is 12.0. The van der Waals surface area contributed by atoms with Crippen LogP contribution in [0, 0.1) is 0 Å². The molecule has 4 nitrogen and oxygen atoms in total. The zero-order valence-electron chi connectivity index (χ0n) is 28.6. The standard InChI is InChI=1S/C39H67ClO4/c1-3-5-7-9-11-13-15-17-19-21-23-25-27-29-31-33-38(41)43-35-37(40)36-44-39(42)34-32-30-28-26-24-22-20-18-16-14-12-10-8-6-4-2/h11-14,17-20,37H,3-10,15-16,21-36H2,1-2H3/b13-11+,14-12+,19-17+,20-18+. The van der Waals surface area contributed by atoms with Crippen LogP contribution in [0.4, 0.5) is 0 Å². The van der Waals surface area contributed by atoms with E-state index in [1.54, 1.807) is 0 Å². The molecule has 0 atom stereocenters. The van der Waals surface area contributed by atoms with Crippen LogP contribution in [-0.4, -0.2) is 30.5 Å². The van der Waals surface area contributed by atoms with Gasteiger partial charge in [-0.1, -0.05) is 127 Å². The third-order valence-electron chi connectivity index (χ3n) is 7.51. The summed E-state index contributed by atoms with van der Waals surface area (Å²) in [6.07, 6.45) is 44.4. The van der Waals surface area contributed by atoms with Gasteiger partial charge in [-0.2, -0.15) is 0 Å². The van der Waals surface area contributed by atoms with Gasteiger partial charge in [-0.05, 0) is 77.0 Å². The summed E-state index contributed by atoms with van der Waals surface area (Å²) in [5, 5.41) is -0.503. The highest BCUT2D eigenvalue weighted by molar-refractivity contribution is 6.21. The summed E-state index contributed by atoms with van der Waals surface area (Å²) in [6, 6.07) is 0. The number of alkyl halides is 1. The predicted octanol–water partition coefficient (Wildman–Crippen LogP) is 12.3. The first kappa shape index (κ1) is 42.2. The number of carbonyl (C=O) groups is 2. The van der Waals surface area contributed by atoms with Gasteiger partial charge in [0.2, 0.25) is 0 Å². The smallest absolute Gasteiger partial charge is 0.305 e. The van der Waals surface area contributed by atoms with Gasteiger partial charge in [0.1, 0.15) is 18.6 Å². The van der Waals surface area contributed by atoms with Gasteiger partial charge in [0.15, 0.2) is 0 Å². The maximum Gasteiger partial charge on any atom is 0.305 e. The van der Waals surface area contributed by atoms with E-state index in [9.17, 15) is 9.59 Å². The lowest BCUT2D eigenvalue weighted by Crippen LogP contribution is -2.21. The molecule has 0 unspecified atom stereocenters. The van der Waals surface area contributed by atoms with E-state index in [-0.39, 0.29) is 25.2 Å². The van der Waals surface area contributed by atoms with Crippen LogP contribution in [0.2, 0.25) is 0 Å². The first-order chi connectivity index (χ1) is 21.6. The molecule has 0 spiro atoms. The van der Waals surface area contributed by atoms with Crippen LogP contribution in [0.15, 0.2) is 48.6 Å². The molecular formula is C39H67ClO4. The van der Waals surface area contributed by atoms with Crippen LogP contribution in [0.1, 0.15) is 168 Å². The Morgan fingerprint density at radius 3 is 1.16 bits per heavy atom. The van der Waals surface area contributed by atoms with Crippen molar-refractivity contribution < 1.29 is 19.1 Å². The topological polar surface area (TPSA) is 52.6 Å². The number of unbranched alkanes of at least 4 members (excludes halogenated alkanes) is 16. The normalized spacial score (nSPS) is 12.1. The molecule has 0 heterocycles. The zero-order chi connectivity index (χ0) is 32.2. The number of esters is 2. The minimum Gasteiger partial charge on any atom is -0.464 e. The lowest BCUT2D eigenvalue weighted by atomic mass is 10.1. The molecule has 0 radical (unpaired) electrons. The Balaban J connectivity index is 3.51. The fourth-order valence-electron chi connectivity index (χ4n) is 4.72.